The van der Waals surface area contributed by atoms with Gasteiger partial charge in [-0.25, -0.2) is 4.79 Å². The van der Waals surface area contributed by atoms with E-state index in [0.29, 0.717) is 15.7 Å². The lowest BCUT2D eigenvalue weighted by Crippen LogP contribution is -2.21. The van der Waals surface area contributed by atoms with E-state index in [1.807, 2.05) is 0 Å². The van der Waals surface area contributed by atoms with Crippen molar-refractivity contribution in [3.63, 3.8) is 0 Å². The summed E-state index contributed by atoms with van der Waals surface area (Å²) in [5.74, 6) is 0. The van der Waals surface area contributed by atoms with E-state index in [-0.39, 0.29) is 11.2 Å². The maximum Gasteiger partial charge on any atom is 0.327 e. The van der Waals surface area contributed by atoms with Crippen LogP contribution in [-0.4, -0.2) is 25.0 Å². The number of halogens is 2. The molecule has 0 amide bonds. The number of H-pyrrole nitrogens is 2. The molecule has 2 aromatic heterocycles. The van der Waals surface area contributed by atoms with Crippen molar-refractivity contribution in [3.8, 4) is 5.69 Å². The third kappa shape index (κ3) is 1.92. The summed E-state index contributed by atoms with van der Waals surface area (Å²) in [6, 6.07) is 4.90. The molecule has 3 aromatic rings. The van der Waals surface area contributed by atoms with Crippen molar-refractivity contribution >= 4 is 34.4 Å². The molecule has 2 N–H and O–H groups in total. The molecule has 1 aromatic carbocycles. The Balaban J connectivity index is 2.36. The molecule has 19 heavy (non-hydrogen) atoms. The summed E-state index contributed by atoms with van der Waals surface area (Å²) in [6.07, 6.45) is 0. The Kier molecular flexibility index (Phi) is 2.65. The van der Waals surface area contributed by atoms with E-state index in [9.17, 15) is 9.59 Å². The quantitative estimate of drug-likeness (QED) is 0.703. The molecule has 0 atom stereocenters. The lowest BCUT2D eigenvalue weighted by Gasteiger charge is -2.03. The highest BCUT2D eigenvalue weighted by Crippen LogP contribution is 2.27. The fourth-order valence-corrected chi connectivity index (χ4v) is 2.17. The van der Waals surface area contributed by atoms with Crippen LogP contribution in [0.15, 0.2) is 27.8 Å². The standard InChI is InChI=1S/C10H5Cl2N5O2/c11-4-2-1-3-5(12)7(4)17-15-6-8(16-17)13-10(19)14-9(6)18/h1-3H,(H2,13,14,16,18,19). The van der Waals surface area contributed by atoms with Gasteiger partial charge in [-0.3, -0.25) is 14.8 Å². The highest BCUT2D eigenvalue weighted by atomic mass is 35.5. The molecule has 2 heterocycles. The van der Waals surface area contributed by atoms with Crippen LogP contribution in [0.25, 0.3) is 16.9 Å². The van der Waals surface area contributed by atoms with Crippen molar-refractivity contribution in [1.82, 2.24) is 25.0 Å². The monoisotopic (exact) mass is 297 g/mol. The Bertz CT molecular complexity index is 875. The molecule has 7 nitrogen and oxygen atoms in total. The molecule has 0 saturated carbocycles. The van der Waals surface area contributed by atoms with E-state index >= 15 is 0 Å². The number of nitrogens with zero attached hydrogens (tertiary/aromatic N) is 3. The number of aromatic amines is 2. The van der Waals surface area contributed by atoms with E-state index in [1.54, 1.807) is 18.2 Å². The van der Waals surface area contributed by atoms with Crippen molar-refractivity contribution in [2.45, 2.75) is 0 Å². The second kappa shape index (κ2) is 4.22. The van der Waals surface area contributed by atoms with Crippen LogP contribution in [0.4, 0.5) is 0 Å². The molecular formula is C10H5Cl2N5O2. The highest BCUT2D eigenvalue weighted by Gasteiger charge is 2.14. The largest absolute Gasteiger partial charge is 0.327 e. The first-order chi connectivity index (χ1) is 9.06. The summed E-state index contributed by atoms with van der Waals surface area (Å²) < 4.78 is 0. The van der Waals surface area contributed by atoms with E-state index in [4.69, 9.17) is 23.2 Å². The third-order valence-electron chi connectivity index (χ3n) is 2.43. The van der Waals surface area contributed by atoms with Crippen molar-refractivity contribution < 1.29 is 0 Å². The number of nitrogens with one attached hydrogen (secondary N) is 2. The molecule has 0 fully saturated rings. The van der Waals surface area contributed by atoms with Gasteiger partial charge in [-0.05, 0) is 12.1 Å². The van der Waals surface area contributed by atoms with Gasteiger partial charge in [0.25, 0.3) is 5.56 Å². The van der Waals surface area contributed by atoms with Gasteiger partial charge in [0.05, 0.1) is 10.0 Å². The van der Waals surface area contributed by atoms with Gasteiger partial charge in [-0.15, -0.1) is 15.0 Å². The number of aromatic nitrogens is 5. The SMILES string of the molecule is O=c1[nH]c(=O)c2nn(-c3c(Cl)cccc3Cl)nc2[nH]1. The minimum Gasteiger partial charge on any atom is -0.288 e. The maximum atomic E-state index is 11.6. The van der Waals surface area contributed by atoms with E-state index < -0.39 is 11.2 Å². The molecule has 3 rings (SSSR count). The highest BCUT2D eigenvalue weighted by molar-refractivity contribution is 6.37. The first kappa shape index (κ1) is 11.9. The smallest absolute Gasteiger partial charge is 0.288 e. The number of rotatable bonds is 1. The number of para-hydroxylation sites is 1. The lowest BCUT2D eigenvalue weighted by atomic mass is 10.3. The fraction of sp³-hybridized carbons (Fsp3) is 0. The van der Waals surface area contributed by atoms with E-state index in [0.717, 1.165) is 4.80 Å². The average Bonchev–Trinajstić information content (AvgIpc) is 2.72. The predicted molar refractivity (Wildman–Crippen MR) is 70.1 cm³/mol. The number of hydrogen-bond acceptors (Lipinski definition) is 4. The molecular weight excluding hydrogens is 293 g/mol. The van der Waals surface area contributed by atoms with Crippen molar-refractivity contribution in [3.05, 3.63) is 49.1 Å². The zero-order chi connectivity index (χ0) is 13.6. The lowest BCUT2D eigenvalue weighted by molar-refractivity contribution is 0.763. The van der Waals surface area contributed by atoms with Gasteiger partial charge < -0.3 is 0 Å². The van der Waals surface area contributed by atoms with Crippen molar-refractivity contribution in [1.29, 1.82) is 0 Å². The molecule has 0 saturated heterocycles. The summed E-state index contributed by atoms with van der Waals surface area (Å²) in [4.78, 5) is 28.2. The summed E-state index contributed by atoms with van der Waals surface area (Å²) >= 11 is 12.0. The number of fused-ring (bicyclic) bond motifs is 1. The van der Waals surface area contributed by atoms with Gasteiger partial charge in [0, 0.05) is 0 Å². The Morgan fingerprint density at radius 3 is 2.42 bits per heavy atom. The van der Waals surface area contributed by atoms with Crippen molar-refractivity contribution in [2.24, 2.45) is 0 Å². The van der Waals surface area contributed by atoms with Gasteiger partial charge >= 0.3 is 5.69 Å². The summed E-state index contributed by atoms with van der Waals surface area (Å²) in [6.45, 7) is 0. The molecule has 0 aliphatic heterocycles. The van der Waals surface area contributed by atoms with Gasteiger partial charge in [0.1, 0.15) is 5.69 Å². The van der Waals surface area contributed by atoms with Crippen LogP contribution >= 0.6 is 23.2 Å². The average molecular weight is 298 g/mol. The molecule has 0 radical (unpaired) electrons. The van der Waals surface area contributed by atoms with Crippen LogP contribution in [0, 0.1) is 0 Å². The molecule has 0 bridgehead atoms. The second-order valence-electron chi connectivity index (χ2n) is 3.67. The minimum absolute atomic E-state index is 0.00409. The number of benzene rings is 1. The molecule has 0 aliphatic rings. The Morgan fingerprint density at radius 2 is 1.74 bits per heavy atom. The first-order valence-corrected chi connectivity index (χ1v) is 5.86. The fourth-order valence-electron chi connectivity index (χ4n) is 1.62. The zero-order valence-corrected chi connectivity index (χ0v) is 10.7. The maximum absolute atomic E-state index is 11.6. The van der Waals surface area contributed by atoms with E-state index in [1.165, 1.54) is 0 Å². The van der Waals surface area contributed by atoms with Gasteiger partial charge in [0.2, 0.25) is 0 Å². The van der Waals surface area contributed by atoms with Crippen LogP contribution < -0.4 is 11.2 Å². The van der Waals surface area contributed by atoms with Crippen LogP contribution in [-0.2, 0) is 0 Å². The molecule has 0 spiro atoms. The second-order valence-corrected chi connectivity index (χ2v) is 4.48. The van der Waals surface area contributed by atoms with Crippen LogP contribution in [0.5, 0.6) is 0 Å². The molecule has 0 aliphatic carbocycles. The topological polar surface area (TPSA) is 96.4 Å². The first-order valence-electron chi connectivity index (χ1n) is 5.10. The van der Waals surface area contributed by atoms with Crippen LogP contribution in [0.3, 0.4) is 0 Å². The third-order valence-corrected chi connectivity index (χ3v) is 3.04. The number of hydrogen-bond donors (Lipinski definition) is 2. The molecule has 0 unspecified atom stereocenters. The van der Waals surface area contributed by atoms with Crippen LogP contribution in [0.1, 0.15) is 0 Å². The normalized spacial score (nSPS) is 11.1. The van der Waals surface area contributed by atoms with E-state index in [2.05, 4.69) is 20.2 Å². The predicted octanol–water partition coefficient (Wildman–Crippen LogP) is 1.10. The summed E-state index contributed by atoms with van der Waals surface area (Å²) in [5.41, 5.74) is -0.898. The Labute approximate surface area is 114 Å². The van der Waals surface area contributed by atoms with Gasteiger partial charge in [0.15, 0.2) is 11.2 Å². The Morgan fingerprint density at radius 1 is 1.05 bits per heavy atom. The van der Waals surface area contributed by atoms with Gasteiger partial charge in [-0.1, -0.05) is 29.3 Å². The summed E-state index contributed by atoms with van der Waals surface area (Å²) in [7, 11) is 0. The van der Waals surface area contributed by atoms with Crippen molar-refractivity contribution in [2.75, 3.05) is 0 Å². The minimum atomic E-state index is -0.658. The molecule has 9 heteroatoms. The summed E-state index contributed by atoms with van der Waals surface area (Å²) in [5, 5.41) is 8.61. The van der Waals surface area contributed by atoms with Crippen LogP contribution in [0.2, 0.25) is 10.0 Å². The molecule has 96 valence electrons. The van der Waals surface area contributed by atoms with Gasteiger partial charge in [-0.2, -0.15) is 0 Å². The Hall–Kier alpha value is -2.12. The zero-order valence-electron chi connectivity index (χ0n) is 9.15.